The molecule has 0 aliphatic rings. The molecule has 0 aromatic carbocycles. The van der Waals surface area contributed by atoms with Gasteiger partial charge in [-0.05, 0) is 37.4 Å². The van der Waals surface area contributed by atoms with E-state index in [4.69, 9.17) is 9.53 Å². The van der Waals surface area contributed by atoms with Crippen LogP contribution in [0.2, 0.25) is 18.1 Å². The first kappa shape index (κ1) is 20.4. The summed E-state index contributed by atoms with van der Waals surface area (Å²) in [6.45, 7) is 12.3. The summed E-state index contributed by atoms with van der Waals surface area (Å²) >= 11 is 0. The van der Waals surface area contributed by atoms with E-state index < -0.39 is 14.3 Å². The normalized spacial score (nSPS) is 13.0. The standard InChI is InChI=1S/C17H34O3Si/c1-17(2,3)21(4,5)20-15-13-11-9-7-6-8-10-12-14-16(18)19/h12,14H,6-11,13,15H2,1-5H3,(H,18,19). The fraction of sp³-hybridized carbons (Fsp3) is 0.824. The van der Waals surface area contributed by atoms with Crippen molar-refractivity contribution in [1.82, 2.24) is 0 Å². The van der Waals surface area contributed by atoms with Crippen molar-refractivity contribution in [3.63, 3.8) is 0 Å². The van der Waals surface area contributed by atoms with Crippen molar-refractivity contribution in [2.24, 2.45) is 0 Å². The molecule has 0 fully saturated rings. The number of carboxylic acid groups (broad SMARTS) is 1. The smallest absolute Gasteiger partial charge is 0.327 e. The first-order valence-corrected chi connectivity index (χ1v) is 11.1. The molecule has 0 amide bonds. The number of hydrogen-bond acceptors (Lipinski definition) is 2. The minimum atomic E-state index is -1.56. The largest absolute Gasteiger partial charge is 0.478 e. The average Bonchev–Trinajstić information content (AvgIpc) is 2.34. The maximum atomic E-state index is 10.3. The molecule has 0 atom stereocenters. The van der Waals surface area contributed by atoms with Crippen molar-refractivity contribution in [2.45, 2.75) is 83.8 Å². The summed E-state index contributed by atoms with van der Waals surface area (Å²) in [6, 6.07) is 0. The molecule has 0 spiro atoms. The van der Waals surface area contributed by atoms with Gasteiger partial charge in [-0.25, -0.2) is 4.79 Å². The fourth-order valence-corrected chi connectivity index (χ4v) is 2.89. The van der Waals surface area contributed by atoms with Gasteiger partial charge in [-0.15, -0.1) is 0 Å². The Morgan fingerprint density at radius 3 is 2.10 bits per heavy atom. The summed E-state index contributed by atoms with van der Waals surface area (Å²) in [5.74, 6) is -0.850. The second-order valence-corrected chi connectivity index (χ2v) is 12.1. The molecule has 0 unspecified atom stereocenters. The second kappa shape index (κ2) is 10.2. The van der Waals surface area contributed by atoms with Gasteiger partial charge in [0.05, 0.1) is 0 Å². The van der Waals surface area contributed by atoms with Crippen LogP contribution in [-0.2, 0) is 9.22 Å². The topological polar surface area (TPSA) is 46.5 Å². The fourth-order valence-electron chi connectivity index (χ4n) is 1.80. The molecular weight excluding hydrogens is 280 g/mol. The maximum absolute atomic E-state index is 10.3. The number of carbonyl (C=O) groups is 1. The van der Waals surface area contributed by atoms with E-state index in [1.807, 2.05) is 0 Å². The Hall–Kier alpha value is -0.613. The molecule has 0 radical (unpaired) electrons. The Kier molecular flexibility index (Phi) is 9.87. The lowest BCUT2D eigenvalue weighted by Crippen LogP contribution is -2.40. The minimum Gasteiger partial charge on any atom is -0.478 e. The van der Waals surface area contributed by atoms with E-state index in [0.29, 0.717) is 5.04 Å². The van der Waals surface area contributed by atoms with Gasteiger partial charge in [0.1, 0.15) is 0 Å². The highest BCUT2D eigenvalue weighted by Crippen LogP contribution is 2.36. The van der Waals surface area contributed by atoms with E-state index in [2.05, 4.69) is 33.9 Å². The Labute approximate surface area is 131 Å². The first-order valence-electron chi connectivity index (χ1n) is 8.20. The second-order valence-electron chi connectivity index (χ2n) is 7.26. The van der Waals surface area contributed by atoms with Crippen LogP contribution in [0.3, 0.4) is 0 Å². The zero-order valence-corrected chi connectivity index (χ0v) is 15.6. The molecule has 0 heterocycles. The SMILES string of the molecule is CC(C)(C)[Si](C)(C)OCCCCCCCCC=CC(=O)O. The van der Waals surface area contributed by atoms with Crippen molar-refractivity contribution in [3.05, 3.63) is 12.2 Å². The van der Waals surface area contributed by atoms with Crippen molar-refractivity contribution >= 4 is 14.3 Å². The van der Waals surface area contributed by atoms with Gasteiger partial charge in [-0.3, -0.25) is 0 Å². The highest BCUT2D eigenvalue weighted by atomic mass is 28.4. The summed E-state index contributed by atoms with van der Waals surface area (Å²) in [6.07, 6.45) is 11.0. The molecule has 4 heteroatoms. The van der Waals surface area contributed by atoms with Crippen molar-refractivity contribution < 1.29 is 14.3 Å². The highest BCUT2D eigenvalue weighted by molar-refractivity contribution is 6.74. The van der Waals surface area contributed by atoms with Crippen LogP contribution in [0.4, 0.5) is 0 Å². The van der Waals surface area contributed by atoms with Gasteiger partial charge < -0.3 is 9.53 Å². The van der Waals surface area contributed by atoms with Crippen LogP contribution in [0.15, 0.2) is 12.2 Å². The van der Waals surface area contributed by atoms with Gasteiger partial charge in [0.25, 0.3) is 0 Å². The molecule has 124 valence electrons. The summed E-state index contributed by atoms with van der Waals surface area (Å²) in [5, 5.41) is 8.75. The van der Waals surface area contributed by atoms with E-state index in [1.54, 1.807) is 6.08 Å². The molecule has 0 aliphatic carbocycles. The van der Waals surface area contributed by atoms with E-state index in [1.165, 1.54) is 31.8 Å². The molecule has 3 nitrogen and oxygen atoms in total. The number of hydrogen-bond donors (Lipinski definition) is 1. The van der Waals surface area contributed by atoms with Gasteiger partial charge in [-0.2, -0.15) is 0 Å². The van der Waals surface area contributed by atoms with Crippen LogP contribution in [0, 0.1) is 0 Å². The lowest BCUT2D eigenvalue weighted by Gasteiger charge is -2.36. The molecule has 0 aliphatic heterocycles. The summed E-state index contributed by atoms with van der Waals surface area (Å²) in [7, 11) is -1.56. The van der Waals surface area contributed by atoms with Crippen LogP contribution in [0.1, 0.15) is 65.7 Å². The van der Waals surface area contributed by atoms with Crippen LogP contribution in [0.25, 0.3) is 0 Å². The third-order valence-electron chi connectivity index (χ3n) is 4.29. The zero-order chi connectivity index (χ0) is 16.4. The first-order chi connectivity index (χ1) is 9.67. The van der Waals surface area contributed by atoms with Crippen molar-refractivity contribution in [2.75, 3.05) is 6.61 Å². The third kappa shape index (κ3) is 10.7. The Morgan fingerprint density at radius 1 is 1.05 bits per heavy atom. The zero-order valence-electron chi connectivity index (χ0n) is 14.6. The molecule has 0 saturated carbocycles. The number of allylic oxidation sites excluding steroid dienone is 1. The summed E-state index contributed by atoms with van der Waals surface area (Å²) in [5.41, 5.74) is 0. The van der Waals surface area contributed by atoms with Crippen LogP contribution in [-0.4, -0.2) is 26.0 Å². The summed E-state index contributed by atoms with van der Waals surface area (Å²) in [4.78, 5) is 10.3. The lowest BCUT2D eigenvalue weighted by molar-refractivity contribution is -0.131. The van der Waals surface area contributed by atoms with Gasteiger partial charge in [0.15, 0.2) is 8.32 Å². The van der Waals surface area contributed by atoms with Crippen molar-refractivity contribution in [3.8, 4) is 0 Å². The number of rotatable bonds is 11. The van der Waals surface area contributed by atoms with Gasteiger partial charge in [-0.1, -0.05) is 52.5 Å². The quantitative estimate of drug-likeness (QED) is 0.316. The number of aliphatic carboxylic acids is 1. The predicted octanol–water partition coefficient (Wildman–Crippen LogP) is 5.38. The monoisotopic (exact) mass is 314 g/mol. The molecule has 0 aromatic heterocycles. The van der Waals surface area contributed by atoms with Gasteiger partial charge in [0.2, 0.25) is 0 Å². The lowest BCUT2D eigenvalue weighted by atomic mass is 10.1. The average molecular weight is 315 g/mol. The minimum absolute atomic E-state index is 0.302. The molecule has 21 heavy (non-hydrogen) atoms. The van der Waals surface area contributed by atoms with Gasteiger partial charge >= 0.3 is 5.97 Å². The van der Waals surface area contributed by atoms with Crippen LogP contribution in [0.5, 0.6) is 0 Å². The molecule has 0 bridgehead atoms. The molecule has 0 aromatic rings. The highest BCUT2D eigenvalue weighted by Gasteiger charge is 2.36. The van der Waals surface area contributed by atoms with Crippen LogP contribution < -0.4 is 0 Å². The number of carboxylic acids is 1. The van der Waals surface area contributed by atoms with E-state index in [0.717, 1.165) is 25.9 Å². The Morgan fingerprint density at radius 2 is 1.57 bits per heavy atom. The third-order valence-corrected chi connectivity index (χ3v) is 8.83. The van der Waals surface area contributed by atoms with E-state index in [-0.39, 0.29) is 0 Å². The molecule has 1 N–H and O–H groups in total. The predicted molar refractivity (Wildman–Crippen MR) is 92.2 cm³/mol. The summed E-state index contributed by atoms with van der Waals surface area (Å²) < 4.78 is 6.15. The molecular formula is C17H34O3Si. The Bertz CT molecular complexity index is 316. The van der Waals surface area contributed by atoms with E-state index in [9.17, 15) is 4.79 Å². The number of unbranched alkanes of at least 4 members (excludes halogenated alkanes) is 6. The molecule has 0 saturated heterocycles. The van der Waals surface area contributed by atoms with Gasteiger partial charge in [0, 0.05) is 12.7 Å². The Balaban J connectivity index is 3.44. The maximum Gasteiger partial charge on any atom is 0.327 e. The van der Waals surface area contributed by atoms with Crippen molar-refractivity contribution in [1.29, 1.82) is 0 Å². The molecule has 0 rings (SSSR count). The van der Waals surface area contributed by atoms with Crippen LogP contribution >= 0.6 is 0 Å². The van der Waals surface area contributed by atoms with E-state index >= 15 is 0 Å².